The van der Waals surface area contributed by atoms with Gasteiger partial charge in [0.2, 0.25) is 10.2 Å². The molecule has 15 heteroatoms. The summed E-state index contributed by atoms with van der Waals surface area (Å²) in [5.41, 5.74) is 5.87. The second-order valence-electron chi connectivity index (χ2n) is 23.5. The van der Waals surface area contributed by atoms with Crippen molar-refractivity contribution >= 4 is 68.2 Å². The van der Waals surface area contributed by atoms with Crippen molar-refractivity contribution in [3.8, 4) is 0 Å². The van der Waals surface area contributed by atoms with Crippen molar-refractivity contribution < 1.29 is 46.3 Å². The molecular formula is C68H72F4N2O6S3. The van der Waals surface area contributed by atoms with Crippen molar-refractivity contribution in [1.82, 2.24) is 9.80 Å². The number of halogens is 4. The number of thioether (sulfide) groups is 2. The number of Topliss-reactive ketones (excluding diaryl/α,β-unsaturated/α-hetero) is 4. The van der Waals surface area contributed by atoms with E-state index in [0.717, 1.165) is 89.4 Å². The molecule has 5 heterocycles. The Hall–Kier alpha value is -5.58. The van der Waals surface area contributed by atoms with Gasteiger partial charge in [0, 0.05) is 93.6 Å². The van der Waals surface area contributed by atoms with Gasteiger partial charge in [0.15, 0.2) is 11.6 Å². The third-order valence-electron chi connectivity index (χ3n) is 17.0. The second kappa shape index (κ2) is 27.6. The van der Waals surface area contributed by atoms with Gasteiger partial charge >= 0.3 is 0 Å². The number of carbonyl (C=O) groups excluding carboxylic acids is 6. The fraction of sp³-hybridized carbons (Fsp3) is 0.441. The lowest BCUT2D eigenvalue weighted by atomic mass is 9.94. The van der Waals surface area contributed by atoms with E-state index in [1.807, 2.05) is 23.5 Å². The highest BCUT2D eigenvalue weighted by molar-refractivity contribution is 8.15. The smallest absolute Gasteiger partial charge is 0.212 e. The van der Waals surface area contributed by atoms with E-state index in [4.69, 9.17) is 0 Å². The van der Waals surface area contributed by atoms with Crippen LogP contribution in [0.5, 0.6) is 0 Å². The van der Waals surface area contributed by atoms with Crippen LogP contribution in [0.3, 0.4) is 0 Å². The number of rotatable bonds is 14. The average Bonchev–Trinajstić information content (AvgIpc) is 4.45. The molecule has 436 valence electrons. The molecule has 4 aromatic carbocycles. The first-order chi connectivity index (χ1) is 40.1. The third kappa shape index (κ3) is 15.8. The first-order valence-corrected chi connectivity index (χ1v) is 32.2. The van der Waals surface area contributed by atoms with Crippen molar-refractivity contribution in [2.24, 2.45) is 23.7 Å². The van der Waals surface area contributed by atoms with Gasteiger partial charge in [-0.2, -0.15) is 0 Å². The molecule has 0 radical (unpaired) electrons. The fourth-order valence-electron chi connectivity index (χ4n) is 11.8. The van der Waals surface area contributed by atoms with Gasteiger partial charge in [-0.15, -0.1) is 11.3 Å². The van der Waals surface area contributed by atoms with Crippen LogP contribution < -0.4 is 0 Å². The highest BCUT2D eigenvalue weighted by Crippen LogP contribution is 2.44. The molecule has 6 fully saturated rings. The van der Waals surface area contributed by atoms with Crippen LogP contribution >= 0.6 is 34.9 Å². The van der Waals surface area contributed by atoms with E-state index in [9.17, 15) is 46.3 Å². The number of thiophene rings is 1. The standard InChI is InChI=1S/C19H20FNOS.C18H18FNO2S.C12H13FO.C11H11FO.C8H10OS/c1-12-10-14-11-21(9-8-17(14)23-12)18(19(22)13-6-7-13)15-4-2-3-5-16(15)20;19-14-4-2-1-3-13(14)17(18(22)11-5-6-11)20-8-7-15-12(10-20)9-16(21)23-15;1-8(12(14)9-6-7-9)10-4-2-3-5-11(10)13;12-10-4-2-1-3-9(10)7-11(13)8-5-6-8;9-8-5-6-3-1-2-4-7(6)10-8/h2-5,10,13,18H,6-9,11H2,1H3;1-4,9,11,15,17H,5-8,10H2;2-5,8-9H,6-7H2,1H3;1-4,8H,5-7H2;5,7H,1-4H2. The number of ketones is 4. The van der Waals surface area contributed by atoms with Crippen molar-refractivity contribution in [2.45, 2.75) is 145 Å². The molecule has 5 saturated carbocycles. The highest BCUT2D eigenvalue weighted by Gasteiger charge is 2.43. The number of aryl methyl sites for hydroxylation is 1. The Balaban J connectivity index is 0.000000120. The fourth-order valence-corrected chi connectivity index (χ4v) is 14.9. The molecule has 0 N–H and O–H groups in total. The minimum Gasteiger partial charge on any atom is -0.299 e. The highest BCUT2D eigenvalue weighted by atomic mass is 32.2. The maximum Gasteiger partial charge on any atom is 0.212 e. The predicted molar refractivity (Wildman–Crippen MR) is 321 cm³/mol. The molecule has 0 amide bonds. The summed E-state index contributed by atoms with van der Waals surface area (Å²) in [6.45, 7) is 6.79. The molecule has 1 aromatic heterocycles. The summed E-state index contributed by atoms with van der Waals surface area (Å²) < 4.78 is 55.1. The SMILES string of the molecule is CC(C(=O)C1CC1)c1ccccc1F.Cc1cc2c(s1)CCN(C(C(=O)C1CC1)c1ccccc1F)C2.O=C(Cc1ccccc1F)C1CC1.O=C1C=C2CCCCC2S1.O=C1C=C2CN(C(C(=O)C3CC3)c3ccccc3F)CCC2S1. The maximum atomic E-state index is 14.4. The normalized spacial score (nSPS) is 21.9. The van der Waals surface area contributed by atoms with E-state index in [1.165, 1.54) is 94.4 Å². The molecule has 5 aromatic rings. The third-order valence-corrected chi connectivity index (χ3v) is 20.5. The maximum absolute atomic E-state index is 14.4. The van der Waals surface area contributed by atoms with E-state index in [2.05, 4.69) is 22.8 Å². The Labute approximate surface area is 497 Å². The van der Waals surface area contributed by atoms with E-state index in [0.29, 0.717) is 34.0 Å². The second-order valence-corrected chi connectivity index (χ2v) is 27.2. The quantitative estimate of drug-likeness (QED) is 0.0997. The van der Waals surface area contributed by atoms with Gasteiger partial charge < -0.3 is 0 Å². The summed E-state index contributed by atoms with van der Waals surface area (Å²) in [5, 5.41) is 1.20. The Kier molecular flexibility index (Phi) is 20.2. The number of carbonyl (C=O) groups is 6. The van der Waals surface area contributed by atoms with Gasteiger partial charge in [0.05, 0.1) is 12.1 Å². The van der Waals surface area contributed by atoms with Gasteiger partial charge in [0.25, 0.3) is 0 Å². The van der Waals surface area contributed by atoms with Crippen LogP contribution in [0.4, 0.5) is 17.6 Å². The first kappa shape index (κ1) is 60.5. The zero-order valence-corrected chi connectivity index (χ0v) is 49.6. The van der Waals surface area contributed by atoms with Gasteiger partial charge in [-0.25, -0.2) is 17.6 Å². The first-order valence-electron chi connectivity index (χ1n) is 29.6. The van der Waals surface area contributed by atoms with Crippen LogP contribution in [0.25, 0.3) is 0 Å². The van der Waals surface area contributed by atoms with Gasteiger partial charge in [-0.3, -0.25) is 38.6 Å². The molecule has 83 heavy (non-hydrogen) atoms. The molecule has 5 atom stereocenters. The zero-order valence-electron chi connectivity index (χ0n) is 47.2. The zero-order chi connectivity index (χ0) is 58.3. The Morgan fingerprint density at radius 3 is 1.54 bits per heavy atom. The largest absolute Gasteiger partial charge is 0.299 e. The van der Waals surface area contributed by atoms with Crippen LogP contribution in [0.1, 0.15) is 146 Å². The molecular weight excluding hydrogens is 1110 g/mol. The average molecular weight is 1190 g/mol. The topological polar surface area (TPSA) is 109 Å². The molecule has 9 aliphatic rings. The molecule has 1 saturated heterocycles. The number of hydrogen-bond donors (Lipinski definition) is 0. The van der Waals surface area contributed by atoms with Crippen molar-refractivity contribution in [3.63, 3.8) is 0 Å². The lowest BCUT2D eigenvalue weighted by Crippen LogP contribution is -2.42. The van der Waals surface area contributed by atoms with Crippen molar-refractivity contribution in [3.05, 3.63) is 187 Å². The minimum absolute atomic E-state index is 0.0749. The summed E-state index contributed by atoms with van der Waals surface area (Å²) >= 11 is 4.73. The Bertz CT molecular complexity index is 3290. The molecule has 0 spiro atoms. The molecule has 4 aliphatic heterocycles. The van der Waals surface area contributed by atoms with Gasteiger partial charge in [-0.1, -0.05) is 115 Å². The van der Waals surface area contributed by atoms with E-state index >= 15 is 0 Å². The number of piperidine rings is 1. The monoisotopic (exact) mass is 1180 g/mol. The van der Waals surface area contributed by atoms with Crippen molar-refractivity contribution in [1.29, 1.82) is 0 Å². The summed E-state index contributed by atoms with van der Waals surface area (Å²) in [7, 11) is 0. The molecule has 5 aliphatic carbocycles. The van der Waals surface area contributed by atoms with Crippen LogP contribution in [0.15, 0.2) is 126 Å². The number of fused-ring (bicyclic) bond motifs is 3. The minimum atomic E-state index is -0.522. The molecule has 14 rings (SSSR count). The Morgan fingerprint density at radius 1 is 0.530 bits per heavy atom. The number of likely N-dealkylation sites (tertiary alicyclic amines) is 1. The van der Waals surface area contributed by atoms with Gasteiger partial charge in [-0.05, 0) is 155 Å². The number of hydrogen-bond acceptors (Lipinski definition) is 11. The number of nitrogens with zero attached hydrogens (tertiary/aromatic N) is 2. The van der Waals surface area contributed by atoms with Crippen molar-refractivity contribution in [2.75, 3.05) is 19.6 Å². The lowest BCUT2D eigenvalue weighted by Gasteiger charge is -2.37. The number of benzene rings is 4. The molecule has 0 bridgehead atoms. The van der Waals surface area contributed by atoms with Crippen LogP contribution in [-0.4, -0.2) is 73.3 Å². The van der Waals surface area contributed by atoms with Crippen LogP contribution in [0, 0.1) is 53.9 Å². The molecule has 5 unspecified atom stereocenters. The van der Waals surface area contributed by atoms with E-state index in [-0.39, 0.29) is 97.9 Å². The van der Waals surface area contributed by atoms with E-state index in [1.54, 1.807) is 79.7 Å². The molecule has 8 nitrogen and oxygen atoms in total. The predicted octanol–water partition coefficient (Wildman–Crippen LogP) is 14.8. The summed E-state index contributed by atoms with van der Waals surface area (Å²) in [4.78, 5) is 78.2. The Morgan fingerprint density at radius 2 is 1.01 bits per heavy atom. The van der Waals surface area contributed by atoms with Gasteiger partial charge in [0.1, 0.15) is 34.8 Å². The van der Waals surface area contributed by atoms with E-state index < -0.39 is 12.1 Å². The summed E-state index contributed by atoms with van der Waals surface area (Å²) in [6, 6.07) is 27.6. The lowest BCUT2D eigenvalue weighted by molar-refractivity contribution is -0.127. The summed E-state index contributed by atoms with van der Waals surface area (Å²) in [5.74, 6) is -0.0791. The summed E-state index contributed by atoms with van der Waals surface area (Å²) in [6.07, 6.45) is 18.3. The van der Waals surface area contributed by atoms with Crippen LogP contribution in [-0.2, 0) is 48.2 Å². The van der Waals surface area contributed by atoms with Crippen LogP contribution in [0.2, 0.25) is 0 Å².